The van der Waals surface area contributed by atoms with Gasteiger partial charge in [-0.05, 0) is 18.2 Å². The summed E-state index contributed by atoms with van der Waals surface area (Å²) in [5.74, 6) is -0.668. The Balaban J connectivity index is 2.05. The van der Waals surface area contributed by atoms with Crippen LogP contribution in [0.3, 0.4) is 0 Å². The second kappa shape index (κ2) is 4.47. The Bertz CT molecular complexity index is 838. The molecular weight excluding hydrogens is 263 g/mol. The van der Waals surface area contributed by atoms with E-state index in [9.17, 15) is 4.39 Å². The molecule has 0 aliphatic heterocycles. The number of anilines is 1. The van der Waals surface area contributed by atoms with E-state index in [-0.39, 0.29) is 23.1 Å². The van der Waals surface area contributed by atoms with Gasteiger partial charge in [0.2, 0.25) is 11.8 Å². The highest BCUT2D eigenvalue weighted by Crippen LogP contribution is 2.28. The summed E-state index contributed by atoms with van der Waals surface area (Å²) in [7, 11) is 0. The highest BCUT2D eigenvalue weighted by atomic mass is 19.1. The summed E-state index contributed by atoms with van der Waals surface area (Å²) in [4.78, 5) is 7.82. The minimum absolute atomic E-state index is 0.0224. The van der Waals surface area contributed by atoms with Crippen molar-refractivity contribution in [1.82, 2.24) is 20.2 Å². The summed E-state index contributed by atoms with van der Waals surface area (Å²) in [6.07, 6.45) is 1.45. The fraction of sp³-hybridized carbons (Fsp3) is 0. The van der Waals surface area contributed by atoms with Gasteiger partial charge >= 0.3 is 0 Å². The van der Waals surface area contributed by atoms with Gasteiger partial charge in [0.15, 0.2) is 17.2 Å². The molecule has 0 bridgehead atoms. The number of fused-ring (bicyclic) bond motifs is 1. The quantitative estimate of drug-likeness (QED) is 0.733. The van der Waals surface area contributed by atoms with Gasteiger partial charge in [0.05, 0.1) is 17.8 Å². The molecule has 0 aliphatic rings. The maximum Gasteiger partial charge on any atom is 0.235 e. The number of ether oxygens (including phenoxy) is 1. The van der Waals surface area contributed by atoms with E-state index >= 15 is 0 Å². The molecule has 2 aromatic heterocycles. The van der Waals surface area contributed by atoms with Crippen molar-refractivity contribution in [2.45, 2.75) is 0 Å². The Labute approximate surface area is 111 Å². The normalized spacial score (nSPS) is 10.4. The molecule has 8 heteroatoms. The number of rotatable bonds is 2. The first-order chi connectivity index (χ1) is 9.67. The number of benzene rings is 1. The van der Waals surface area contributed by atoms with Crippen molar-refractivity contribution in [3.8, 4) is 17.7 Å². The average molecular weight is 270 g/mol. The third-order valence-corrected chi connectivity index (χ3v) is 2.56. The molecule has 0 aliphatic carbocycles. The van der Waals surface area contributed by atoms with Crippen LogP contribution in [0.2, 0.25) is 0 Å². The number of halogens is 1. The summed E-state index contributed by atoms with van der Waals surface area (Å²) in [5, 5.41) is 15.6. The van der Waals surface area contributed by atoms with Crippen LogP contribution in [0.1, 0.15) is 5.56 Å². The summed E-state index contributed by atoms with van der Waals surface area (Å²) in [6, 6.07) is 5.70. The highest BCUT2D eigenvalue weighted by molar-refractivity contribution is 5.80. The monoisotopic (exact) mass is 270 g/mol. The molecule has 20 heavy (non-hydrogen) atoms. The zero-order chi connectivity index (χ0) is 14.1. The van der Waals surface area contributed by atoms with Gasteiger partial charge in [0, 0.05) is 0 Å². The molecule has 0 radical (unpaired) electrons. The number of nitrogen functional groups attached to an aromatic ring is 1. The van der Waals surface area contributed by atoms with E-state index in [0.717, 1.165) is 6.07 Å². The first-order valence-corrected chi connectivity index (χ1v) is 5.51. The average Bonchev–Trinajstić information content (AvgIpc) is 2.89. The lowest BCUT2D eigenvalue weighted by Crippen LogP contribution is -1.99. The summed E-state index contributed by atoms with van der Waals surface area (Å²) >= 11 is 0. The van der Waals surface area contributed by atoms with Gasteiger partial charge in [-0.15, -0.1) is 0 Å². The van der Waals surface area contributed by atoms with Crippen molar-refractivity contribution in [1.29, 1.82) is 5.26 Å². The zero-order valence-electron chi connectivity index (χ0n) is 9.96. The number of aromatic amines is 1. The van der Waals surface area contributed by atoms with E-state index in [0.29, 0.717) is 11.0 Å². The summed E-state index contributed by atoms with van der Waals surface area (Å²) in [5.41, 5.74) is 6.12. The Morgan fingerprint density at radius 1 is 1.35 bits per heavy atom. The number of hydrogen-bond donors (Lipinski definition) is 2. The number of nitrogens with two attached hydrogens (primary N) is 1. The number of nitrogens with zero attached hydrogens (tertiary/aromatic N) is 4. The number of hydrogen-bond acceptors (Lipinski definition) is 6. The molecule has 3 aromatic rings. The topological polar surface area (TPSA) is 113 Å². The predicted molar refractivity (Wildman–Crippen MR) is 67.3 cm³/mol. The molecule has 1 aromatic carbocycles. The zero-order valence-corrected chi connectivity index (χ0v) is 9.96. The van der Waals surface area contributed by atoms with Crippen LogP contribution in [0.25, 0.3) is 11.0 Å². The Hall–Kier alpha value is -3.21. The third-order valence-electron chi connectivity index (χ3n) is 2.56. The lowest BCUT2D eigenvalue weighted by atomic mass is 10.2. The van der Waals surface area contributed by atoms with Gasteiger partial charge in [-0.1, -0.05) is 0 Å². The van der Waals surface area contributed by atoms with Gasteiger partial charge in [0.25, 0.3) is 0 Å². The first-order valence-electron chi connectivity index (χ1n) is 5.51. The molecule has 0 atom stereocenters. The van der Waals surface area contributed by atoms with Crippen LogP contribution in [0.15, 0.2) is 24.4 Å². The van der Waals surface area contributed by atoms with Crippen molar-refractivity contribution < 1.29 is 9.13 Å². The molecular formula is C12H7FN6O. The van der Waals surface area contributed by atoms with Crippen LogP contribution in [-0.2, 0) is 0 Å². The van der Waals surface area contributed by atoms with E-state index in [1.54, 1.807) is 0 Å². The SMILES string of the molecule is N#Cc1ccc(Oc2nc(N)nc3[nH]ncc23)c(F)c1. The standard InChI is InChI=1S/C12H7FN6O/c13-8-3-6(4-14)1-2-9(8)20-11-7-5-16-19-10(7)17-12(15)18-11/h1-3,5H,(H3,15,16,17,18,19). The van der Waals surface area contributed by atoms with Crippen molar-refractivity contribution in [3.63, 3.8) is 0 Å². The molecule has 2 heterocycles. The maximum absolute atomic E-state index is 13.8. The van der Waals surface area contributed by atoms with Gasteiger partial charge in [-0.2, -0.15) is 20.3 Å². The molecule has 0 fully saturated rings. The minimum Gasteiger partial charge on any atom is -0.435 e. The van der Waals surface area contributed by atoms with Crippen LogP contribution in [0.5, 0.6) is 11.6 Å². The van der Waals surface area contributed by atoms with Crippen LogP contribution in [0.4, 0.5) is 10.3 Å². The first kappa shape index (κ1) is 11.9. The minimum atomic E-state index is -0.669. The van der Waals surface area contributed by atoms with Crippen LogP contribution >= 0.6 is 0 Å². The summed E-state index contributed by atoms with van der Waals surface area (Å²) in [6.45, 7) is 0. The summed E-state index contributed by atoms with van der Waals surface area (Å²) < 4.78 is 19.2. The van der Waals surface area contributed by atoms with Crippen molar-refractivity contribution in [3.05, 3.63) is 35.8 Å². The molecule has 98 valence electrons. The van der Waals surface area contributed by atoms with E-state index in [4.69, 9.17) is 15.7 Å². The molecule has 3 rings (SSSR count). The smallest absolute Gasteiger partial charge is 0.235 e. The Morgan fingerprint density at radius 3 is 2.95 bits per heavy atom. The number of nitrogens with one attached hydrogen (secondary N) is 1. The van der Waals surface area contributed by atoms with Crippen molar-refractivity contribution >= 4 is 17.0 Å². The fourth-order valence-electron chi connectivity index (χ4n) is 1.66. The van der Waals surface area contributed by atoms with Gasteiger partial charge < -0.3 is 10.5 Å². The second-order valence-electron chi connectivity index (χ2n) is 3.88. The van der Waals surface area contributed by atoms with Crippen LogP contribution in [-0.4, -0.2) is 20.2 Å². The van der Waals surface area contributed by atoms with Crippen LogP contribution < -0.4 is 10.5 Å². The number of nitriles is 1. The van der Waals surface area contributed by atoms with Gasteiger partial charge in [-0.3, -0.25) is 5.10 Å². The molecule has 0 amide bonds. The maximum atomic E-state index is 13.8. The van der Waals surface area contributed by atoms with E-state index in [1.165, 1.54) is 18.3 Å². The van der Waals surface area contributed by atoms with Gasteiger partial charge in [0.1, 0.15) is 5.39 Å². The predicted octanol–water partition coefficient (Wildman–Crippen LogP) is 1.74. The van der Waals surface area contributed by atoms with Gasteiger partial charge in [-0.25, -0.2) is 4.39 Å². The largest absolute Gasteiger partial charge is 0.435 e. The van der Waals surface area contributed by atoms with Crippen molar-refractivity contribution in [2.24, 2.45) is 0 Å². The van der Waals surface area contributed by atoms with Crippen LogP contribution in [0, 0.1) is 17.1 Å². The number of H-pyrrole nitrogens is 1. The molecule has 0 saturated carbocycles. The van der Waals surface area contributed by atoms with E-state index in [1.807, 2.05) is 6.07 Å². The highest BCUT2D eigenvalue weighted by Gasteiger charge is 2.13. The second-order valence-corrected chi connectivity index (χ2v) is 3.88. The molecule has 3 N–H and O–H groups in total. The third kappa shape index (κ3) is 1.97. The molecule has 0 saturated heterocycles. The Morgan fingerprint density at radius 2 is 2.20 bits per heavy atom. The lowest BCUT2D eigenvalue weighted by Gasteiger charge is -2.07. The molecule has 0 unspecified atom stereocenters. The molecule has 7 nitrogen and oxygen atoms in total. The van der Waals surface area contributed by atoms with E-state index < -0.39 is 5.82 Å². The molecule has 0 spiro atoms. The lowest BCUT2D eigenvalue weighted by molar-refractivity contribution is 0.432. The van der Waals surface area contributed by atoms with E-state index in [2.05, 4.69) is 20.2 Å². The van der Waals surface area contributed by atoms with Crippen molar-refractivity contribution in [2.75, 3.05) is 5.73 Å². The fourth-order valence-corrected chi connectivity index (χ4v) is 1.66. The Kier molecular flexibility index (Phi) is 2.65. The number of aromatic nitrogens is 4.